The summed E-state index contributed by atoms with van der Waals surface area (Å²) in [4.78, 5) is 25.2. The maximum Gasteiger partial charge on any atom is 0.311 e. The molecule has 0 saturated carbocycles. The molecule has 1 aromatic rings. The predicted octanol–water partition coefficient (Wildman–Crippen LogP) is 1.38. The smallest absolute Gasteiger partial charge is 0.311 e. The number of benzene rings is 1. The van der Waals surface area contributed by atoms with E-state index in [9.17, 15) is 18.0 Å². The molecule has 1 unspecified atom stereocenters. The van der Waals surface area contributed by atoms with Crippen LogP contribution in [0, 0.1) is 5.92 Å². The topological polar surface area (TPSA) is 80.8 Å². The van der Waals surface area contributed by atoms with Crippen molar-refractivity contribution in [1.29, 1.82) is 0 Å². The third-order valence-corrected chi connectivity index (χ3v) is 5.04. The van der Waals surface area contributed by atoms with E-state index in [2.05, 4.69) is 20.7 Å². The largest absolute Gasteiger partial charge is 0.469 e. The van der Waals surface area contributed by atoms with Gasteiger partial charge in [0.15, 0.2) is 9.84 Å². The van der Waals surface area contributed by atoms with Gasteiger partial charge in [0, 0.05) is 23.7 Å². The van der Waals surface area contributed by atoms with Gasteiger partial charge >= 0.3 is 5.97 Å². The van der Waals surface area contributed by atoms with E-state index in [1.807, 2.05) is 0 Å². The van der Waals surface area contributed by atoms with Crippen molar-refractivity contribution in [2.45, 2.75) is 11.3 Å². The second-order valence-corrected chi connectivity index (χ2v) is 7.68. The summed E-state index contributed by atoms with van der Waals surface area (Å²) in [6.45, 7) is 0.225. The molecule has 1 saturated heterocycles. The molecular weight excluding hydrogens is 362 g/mol. The Morgan fingerprint density at radius 2 is 2.10 bits per heavy atom. The van der Waals surface area contributed by atoms with E-state index in [-0.39, 0.29) is 23.8 Å². The Labute approximate surface area is 131 Å². The Balaban J connectivity index is 2.31. The van der Waals surface area contributed by atoms with Gasteiger partial charge < -0.3 is 9.64 Å². The average Bonchev–Trinajstić information content (AvgIpc) is 2.78. The quantitative estimate of drug-likeness (QED) is 0.745. The van der Waals surface area contributed by atoms with E-state index in [0.29, 0.717) is 10.2 Å². The van der Waals surface area contributed by atoms with Crippen molar-refractivity contribution in [3.8, 4) is 0 Å². The highest BCUT2D eigenvalue weighted by Crippen LogP contribution is 2.33. The minimum Gasteiger partial charge on any atom is -0.469 e. The predicted molar refractivity (Wildman–Crippen MR) is 79.7 cm³/mol. The van der Waals surface area contributed by atoms with Crippen molar-refractivity contribution in [1.82, 2.24) is 0 Å². The fourth-order valence-corrected chi connectivity index (χ4v) is 3.59. The molecule has 1 aliphatic rings. The van der Waals surface area contributed by atoms with Crippen molar-refractivity contribution >= 4 is 43.3 Å². The summed E-state index contributed by atoms with van der Waals surface area (Å²) in [6.07, 6.45) is 1.20. The Kier molecular flexibility index (Phi) is 4.38. The van der Waals surface area contributed by atoms with E-state index in [4.69, 9.17) is 0 Å². The second kappa shape index (κ2) is 5.76. The first-order chi connectivity index (χ1) is 9.74. The van der Waals surface area contributed by atoms with Crippen LogP contribution in [0.15, 0.2) is 27.6 Å². The number of anilines is 1. The molecule has 0 bridgehead atoms. The molecule has 1 heterocycles. The molecule has 2 rings (SSSR count). The number of halogens is 1. The highest BCUT2D eigenvalue weighted by molar-refractivity contribution is 9.10. The van der Waals surface area contributed by atoms with E-state index >= 15 is 0 Å². The molecule has 8 heteroatoms. The van der Waals surface area contributed by atoms with Gasteiger partial charge in [0.2, 0.25) is 5.91 Å². The fraction of sp³-hybridized carbons (Fsp3) is 0.385. The Morgan fingerprint density at radius 1 is 1.43 bits per heavy atom. The lowest BCUT2D eigenvalue weighted by Gasteiger charge is -2.18. The van der Waals surface area contributed by atoms with Crippen molar-refractivity contribution in [2.24, 2.45) is 5.92 Å². The lowest BCUT2D eigenvalue weighted by molar-refractivity contribution is -0.145. The molecule has 114 valence electrons. The van der Waals surface area contributed by atoms with Crippen LogP contribution in [0.5, 0.6) is 0 Å². The molecule has 0 aliphatic carbocycles. The number of carbonyl (C=O) groups is 2. The number of carbonyl (C=O) groups excluding carboxylic acids is 2. The fourth-order valence-electron chi connectivity index (χ4n) is 2.20. The number of hydrogen-bond donors (Lipinski definition) is 0. The van der Waals surface area contributed by atoms with Gasteiger partial charge in [-0.2, -0.15) is 0 Å². The van der Waals surface area contributed by atoms with Crippen molar-refractivity contribution < 1.29 is 22.7 Å². The third-order valence-electron chi connectivity index (χ3n) is 3.30. The number of esters is 1. The van der Waals surface area contributed by atoms with Crippen molar-refractivity contribution in [3.63, 3.8) is 0 Å². The van der Waals surface area contributed by atoms with Gasteiger partial charge in [0.1, 0.15) is 0 Å². The zero-order valence-electron chi connectivity index (χ0n) is 11.5. The maximum atomic E-state index is 12.0. The molecule has 0 N–H and O–H groups in total. The first kappa shape index (κ1) is 16.0. The number of rotatable bonds is 3. The SMILES string of the molecule is COC(=O)C1CC(=O)N(c2ccc(S(C)(=O)=O)cc2Br)C1. The highest BCUT2D eigenvalue weighted by atomic mass is 79.9. The van der Waals surface area contributed by atoms with E-state index in [1.54, 1.807) is 6.07 Å². The zero-order valence-corrected chi connectivity index (χ0v) is 13.9. The van der Waals surface area contributed by atoms with Crippen LogP contribution in [0.1, 0.15) is 6.42 Å². The van der Waals surface area contributed by atoms with Crippen LogP contribution in [0.2, 0.25) is 0 Å². The summed E-state index contributed by atoms with van der Waals surface area (Å²) in [5, 5.41) is 0. The molecule has 6 nitrogen and oxygen atoms in total. The standard InChI is InChI=1S/C13H14BrNO5S/c1-20-13(17)8-5-12(16)15(7-8)11-4-3-9(6-10(11)14)21(2,18)19/h3-4,6,8H,5,7H2,1-2H3. The molecule has 0 spiro atoms. The van der Waals surface area contributed by atoms with Crippen LogP contribution in [0.25, 0.3) is 0 Å². The van der Waals surface area contributed by atoms with Gasteiger partial charge in [0.05, 0.1) is 23.6 Å². The monoisotopic (exact) mass is 375 g/mol. The minimum absolute atomic E-state index is 0.0902. The van der Waals surface area contributed by atoms with E-state index in [0.717, 1.165) is 6.26 Å². The molecule has 0 radical (unpaired) electrons. The number of nitrogens with zero attached hydrogens (tertiary/aromatic N) is 1. The molecule has 1 aromatic carbocycles. The molecule has 1 fully saturated rings. The summed E-state index contributed by atoms with van der Waals surface area (Å²) in [6, 6.07) is 4.44. The highest BCUT2D eigenvalue weighted by Gasteiger charge is 2.36. The normalized spacial score (nSPS) is 18.9. The lowest BCUT2D eigenvalue weighted by Crippen LogP contribution is -2.26. The minimum atomic E-state index is -3.31. The van der Waals surface area contributed by atoms with Gasteiger partial charge in [-0.05, 0) is 34.1 Å². The van der Waals surface area contributed by atoms with Crippen molar-refractivity contribution in [3.05, 3.63) is 22.7 Å². The van der Waals surface area contributed by atoms with Crippen LogP contribution in [-0.2, 0) is 24.2 Å². The van der Waals surface area contributed by atoms with Gasteiger partial charge in [0.25, 0.3) is 0 Å². The van der Waals surface area contributed by atoms with Gasteiger partial charge in [-0.25, -0.2) is 8.42 Å². The van der Waals surface area contributed by atoms with Gasteiger partial charge in [-0.3, -0.25) is 9.59 Å². The van der Waals surface area contributed by atoms with Crippen molar-refractivity contribution in [2.75, 3.05) is 24.8 Å². The summed E-state index contributed by atoms with van der Waals surface area (Å²) in [7, 11) is -2.03. The van der Waals surface area contributed by atoms with E-state index in [1.165, 1.54) is 24.1 Å². The molecule has 0 aromatic heterocycles. The molecular formula is C13H14BrNO5S. The summed E-state index contributed by atoms with van der Waals surface area (Å²) in [5.74, 6) is -1.11. The Hall–Kier alpha value is -1.41. The van der Waals surface area contributed by atoms with Gasteiger partial charge in [-0.15, -0.1) is 0 Å². The third kappa shape index (κ3) is 3.26. The van der Waals surface area contributed by atoms with Crippen LogP contribution < -0.4 is 4.90 Å². The first-order valence-corrected chi connectivity index (χ1v) is 8.80. The van der Waals surface area contributed by atoms with Gasteiger partial charge in [-0.1, -0.05) is 0 Å². The number of methoxy groups -OCH3 is 1. The Bertz CT molecular complexity index is 701. The molecule has 21 heavy (non-hydrogen) atoms. The lowest BCUT2D eigenvalue weighted by atomic mass is 10.1. The van der Waals surface area contributed by atoms with Crippen LogP contribution in [0.3, 0.4) is 0 Å². The maximum absolute atomic E-state index is 12.0. The van der Waals surface area contributed by atoms with Crippen LogP contribution in [0.4, 0.5) is 5.69 Å². The Morgan fingerprint density at radius 3 is 2.62 bits per heavy atom. The number of sulfone groups is 1. The summed E-state index contributed by atoms with van der Waals surface area (Å²) < 4.78 is 28.1. The zero-order chi connectivity index (χ0) is 15.8. The van der Waals surface area contributed by atoms with Crippen LogP contribution in [-0.4, -0.2) is 40.2 Å². The molecule has 1 atom stereocenters. The number of amides is 1. The molecule has 1 aliphatic heterocycles. The van der Waals surface area contributed by atoms with Crippen LogP contribution >= 0.6 is 15.9 Å². The molecule has 1 amide bonds. The number of ether oxygens (including phenoxy) is 1. The summed E-state index contributed by atoms with van der Waals surface area (Å²) >= 11 is 3.28. The second-order valence-electron chi connectivity index (χ2n) is 4.81. The van der Waals surface area contributed by atoms with E-state index < -0.39 is 21.7 Å². The average molecular weight is 376 g/mol. The number of hydrogen-bond acceptors (Lipinski definition) is 5. The summed E-state index contributed by atoms with van der Waals surface area (Å²) in [5.41, 5.74) is 0.541. The first-order valence-electron chi connectivity index (χ1n) is 6.12.